The van der Waals surface area contributed by atoms with E-state index >= 15 is 0 Å². The molecule has 0 unspecified atom stereocenters. The lowest BCUT2D eigenvalue weighted by molar-refractivity contribution is -0.114. The van der Waals surface area contributed by atoms with Crippen molar-refractivity contribution < 1.29 is 9.21 Å². The number of hydrogen-bond acceptors (Lipinski definition) is 5. The largest absolute Gasteiger partial charge is 0.463 e. The van der Waals surface area contributed by atoms with Gasteiger partial charge < -0.3 is 4.42 Å². The van der Waals surface area contributed by atoms with Crippen molar-refractivity contribution in [3.05, 3.63) is 88.8 Å². The van der Waals surface area contributed by atoms with Crippen molar-refractivity contribution in [3.63, 3.8) is 0 Å². The summed E-state index contributed by atoms with van der Waals surface area (Å²) in [4.78, 5) is 17.4. The summed E-state index contributed by atoms with van der Waals surface area (Å²) < 4.78 is 7.19. The lowest BCUT2D eigenvalue weighted by Crippen LogP contribution is -2.23. The highest BCUT2D eigenvalue weighted by atomic mass is 79.9. The molecule has 0 aliphatic carbocycles. The highest BCUT2D eigenvalue weighted by molar-refractivity contribution is 9.10. The highest BCUT2D eigenvalue weighted by Gasteiger charge is 2.17. The number of benzene rings is 2. The number of hydrazone groups is 1. The number of thiazole rings is 1. The predicted octanol–water partition coefficient (Wildman–Crippen LogP) is 5.73. The van der Waals surface area contributed by atoms with Crippen LogP contribution in [0, 0.1) is 0 Å². The van der Waals surface area contributed by atoms with Crippen molar-refractivity contribution in [3.8, 4) is 0 Å². The lowest BCUT2D eigenvalue weighted by atomic mass is 10.2. The number of carbonyl (C=O) groups excluding carboxylic acids is 1. The molecule has 2 aromatic carbocycles. The fourth-order valence-electron chi connectivity index (χ4n) is 2.46. The standard InChI is InChI=1S/C21H14BrN3O2S/c22-16-9-10-18-19(13-16)28-21(24-18)25(23-14-17-7-4-12-27-17)20(26)11-8-15-5-2-1-3-6-15/h1-14H/b11-8+,23-14+. The first-order valence-corrected chi connectivity index (χ1v) is 10.0. The quantitative estimate of drug-likeness (QED) is 0.221. The third-order valence-corrected chi connectivity index (χ3v) is 5.28. The molecule has 2 aromatic heterocycles. The van der Waals surface area contributed by atoms with Crippen LogP contribution in [0.2, 0.25) is 0 Å². The first kappa shape index (κ1) is 18.3. The molecule has 0 saturated carbocycles. The van der Waals surface area contributed by atoms with Crippen LogP contribution in [0.3, 0.4) is 0 Å². The van der Waals surface area contributed by atoms with Crippen molar-refractivity contribution in [1.29, 1.82) is 0 Å². The van der Waals surface area contributed by atoms with Crippen LogP contribution in [-0.2, 0) is 4.79 Å². The molecular weight excluding hydrogens is 438 g/mol. The van der Waals surface area contributed by atoms with Gasteiger partial charge in [-0.05, 0) is 42.0 Å². The number of hydrogen-bond donors (Lipinski definition) is 0. The van der Waals surface area contributed by atoms with Gasteiger partial charge >= 0.3 is 0 Å². The van der Waals surface area contributed by atoms with Crippen LogP contribution in [0.1, 0.15) is 11.3 Å². The lowest BCUT2D eigenvalue weighted by Gasteiger charge is -2.10. The molecule has 138 valence electrons. The maximum Gasteiger partial charge on any atom is 0.273 e. The molecule has 28 heavy (non-hydrogen) atoms. The Morgan fingerprint density at radius 1 is 1.14 bits per heavy atom. The first-order valence-electron chi connectivity index (χ1n) is 8.40. The van der Waals surface area contributed by atoms with E-state index in [1.807, 2.05) is 48.5 Å². The van der Waals surface area contributed by atoms with Gasteiger partial charge in [-0.3, -0.25) is 4.79 Å². The van der Waals surface area contributed by atoms with Crippen LogP contribution in [0.5, 0.6) is 0 Å². The summed E-state index contributed by atoms with van der Waals surface area (Å²) in [5, 5.41) is 6.08. The van der Waals surface area contributed by atoms with Gasteiger partial charge in [-0.2, -0.15) is 10.1 Å². The van der Waals surface area contributed by atoms with Gasteiger partial charge in [-0.15, -0.1) is 0 Å². The maximum absolute atomic E-state index is 12.9. The maximum atomic E-state index is 12.9. The molecule has 5 nitrogen and oxygen atoms in total. The molecule has 7 heteroatoms. The van der Waals surface area contributed by atoms with Crippen LogP contribution in [-0.4, -0.2) is 17.1 Å². The fraction of sp³-hybridized carbons (Fsp3) is 0. The molecule has 0 bridgehead atoms. The molecule has 0 aliphatic rings. The van der Waals surface area contributed by atoms with Crippen LogP contribution in [0.15, 0.2) is 87.0 Å². The molecule has 1 amide bonds. The van der Waals surface area contributed by atoms with Gasteiger partial charge in [0.05, 0.1) is 22.7 Å². The second-order valence-electron chi connectivity index (χ2n) is 5.76. The average molecular weight is 452 g/mol. The number of anilines is 1. The monoisotopic (exact) mass is 451 g/mol. The summed E-state index contributed by atoms with van der Waals surface area (Å²) in [7, 11) is 0. The normalized spacial score (nSPS) is 11.6. The number of nitrogens with zero attached hydrogens (tertiary/aromatic N) is 3. The van der Waals surface area contributed by atoms with Gasteiger partial charge in [0.15, 0.2) is 0 Å². The topological polar surface area (TPSA) is 58.7 Å². The molecule has 0 saturated heterocycles. The van der Waals surface area contributed by atoms with Gasteiger partial charge in [0.2, 0.25) is 5.13 Å². The number of carbonyl (C=O) groups is 1. The molecule has 0 fully saturated rings. The van der Waals surface area contributed by atoms with Crippen LogP contribution in [0.25, 0.3) is 16.3 Å². The molecule has 0 spiro atoms. The van der Waals surface area contributed by atoms with E-state index in [-0.39, 0.29) is 5.91 Å². The van der Waals surface area contributed by atoms with E-state index in [9.17, 15) is 4.79 Å². The fourth-order valence-corrected chi connectivity index (χ4v) is 3.94. The van der Waals surface area contributed by atoms with E-state index in [0.717, 1.165) is 20.3 Å². The third kappa shape index (κ3) is 4.27. The number of aromatic nitrogens is 1. The Bertz CT molecular complexity index is 1150. The van der Waals surface area contributed by atoms with Crippen molar-refractivity contribution in [1.82, 2.24) is 4.98 Å². The number of rotatable bonds is 5. The smallest absolute Gasteiger partial charge is 0.273 e. The van der Waals surface area contributed by atoms with E-state index in [1.165, 1.54) is 28.6 Å². The molecule has 0 aliphatic heterocycles. The van der Waals surface area contributed by atoms with Gasteiger partial charge in [0.25, 0.3) is 5.91 Å². The molecule has 2 heterocycles. The minimum absolute atomic E-state index is 0.301. The van der Waals surface area contributed by atoms with Gasteiger partial charge in [0.1, 0.15) is 5.76 Å². The molecule has 4 rings (SSSR count). The predicted molar refractivity (Wildman–Crippen MR) is 117 cm³/mol. The summed E-state index contributed by atoms with van der Waals surface area (Å²) in [5.41, 5.74) is 1.74. The zero-order chi connectivity index (χ0) is 19.3. The van der Waals surface area contributed by atoms with Crippen LogP contribution < -0.4 is 5.01 Å². The van der Waals surface area contributed by atoms with E-state index < -0.39 is 0 Å². The number of amides is 1. The molecule has 0 radical (unpaired) electrons. The average Bonchev–Trinajstić information content (AvgIpc) is 3.37. The van der Waals surface area contributed by atoms with Gasteiger partial charge in [0, 0.05) is 10.5 Å². The zero-order valence-electron chi connectivity index (χ0n) is 14.5. The van der Waals surface area contributed by atoms with Crippen LogP contribution in [0.4, 0.5) is 5.13 Å². The van der Waals surface area contributed by atoms with Crippen LogP contribution >= 0.6 is 27.3 Å². The SMILES string of the molecule is O=C(/C=C/c1ccccc1)N(/N=C/c1ccco1)c1nc2ccc(Br)cc2s1. The highest BCUT2D eigenvalue weighted by Crippen LogP contribution is 2.31. The van der Waals surface area contributed by atoms with Gasteiger partial charge in [-0.25, -0.2) is 4.98 Å². The Morgan fingerprint density at radius 3 is 2.79 bits per heavy atom. The van der Waals surface area contributed by atoms with Gasteiger partial charge in [-0.1, -0.05) is 57.6 Å². The Kier molecular flexibility index (Phi) is 5.45. The summed E-state index contributed by atoms with van der Waals surface area (Å²) in [6.07, 6.45) is 6.28. The Morgan fingerprint density at radius 2 is 2.00 bits per heavy atom. The third-order valence-electron chi connectivity index (χ3n) is 3.79. The Hall–Kier alpha value is -3.03. The zero-order valence-corrected chi connectivity index (χ0v) is 16.9. The molecular formula is C21H14BrN3O2S. The van der Waals surface area contributed by atoms with Crippen molar-refractivity contribution >= 4 is 60.8 Å². The second kappa shape index (κ2) is 8.33. The van der Waals surface area contributed by atoms with E-state index in [1.54, 1.807) is 24.5 Å². The minimum atomic E-state index is -0.301. The van der Waals surface area contributed by atoms with E-state index in [4.69, 9.17) is 4.42 Å². The summed E-state index contributed by atoms with van der Waals surface area (Å²) in [5.74, 6) is 0.249. The van der Waals surface area contributed by atoms with Crippen molar-refractivity contribution in [2.24, 2.45) is 5.10 Å². The molecule has 0 N–H and O–H groups in total. The number of furan rings is 1. The minimum Gasteiger partial charge on any atom is -0.463 e. The number of halogens is 1. The van der Waals surface area contributed by atoms with E-state index in [2.05, 4.69) is 26.0 Å². The molecule has 4 aromatic rings. The summed E-state index contributed by atoms with van der Waals surface area (Å²) >= 11 is 4.85. The second-order valence-corrected chi connectivity index (χ2v) is 7.69. The number of fused-ring (bicyclic) bond motifs is 1. The Labute approximate surface area is 173 Å². The summed E-state index contributed by atoms with van der Waals surface area (Å²) in [6, 6.07) is 18.9. The Balaban J connectivity index is 1.68. The van der Waals surface area contributed by atoms with E-state index in [0.29, 0.717) is 10.9 Å². The van der Waals surface area contributed by atoms with Crippen molar-refractivity contribution in [2.45, 2.75) is 0 Å². The molecule has 0 atom stereocenters. The van der Waals surface area contributed by atoms with Crippen molar-refractivity contribution in [2.75, 3.05) is 5.01 Å². The first-order chi connectivity index (χ1) is 13.7. The summed E-state index contributed by atoms with van der Waals surface area (Å²) in [6.45, 7) is 0.